The van der Waals surface area contributed by atoms with Crippen LogP contribution in [0.15, 0.2) is 12.2 Å². The molecule has 29 heavy (non-hydrogen) atoms. The molecule has 2 aliphatic heterocycles. The number of fused-ring (bicyclic) bond motifs is 2. The number of rotatable bonds is 3. The van der Waals surface area contributed by atoms with Gasteiger partial charge in [-0.15, -0.1) is 0 Å². The van der Waals surface area contributed by atoms with Gasteiger partial charge in [-0.2, -0.15) is 11.8 Å². The second-order valence-electron chi connectivity index (χ2n) is 8.45. The Bertz CT molecular complexity index is 599. The zero-order valence-electron chi connectivity index (χ0n) is 17.7. The van der Waals surface area contributed by atoms with E-state index >= 15 is 0 Å². The Balaban J connectivity index is 0.000000189. The van der Waals surface area contributed by atoms with Crippen LogP contribution in [-0.4, -0.2) is 51.9 Å². The minimum Gasteiger partial charge on any atom is -0.372 e. The smallest absolute Gasteiger partial charge is 0.236 e. The van der Waals surface area contributed by atoms with Crippen molar-refractivity contribution >= 4 is 30.4 Å². The maximum Gasteiger partial charge on any atom is 0.236 e. The Morgan fingerprint density at radius 3 is 2.62 bits per heavy atom. The van der Waals surface area contributed by atoms with Gasteiger partial charge in [0.05, 0.1) is 5.25 Å². The van der Waals surface area contributed by atoms with Crippen molar-refractivity contribution in [3.8, 4) is 0 Å². The van der Waals surface area contributed by atoms with Gasteiger partial charge in [0.15, 0.2) is 5.72 Å². The van der Waals surface area contributed by atoms with Crippen LogP contribution >= 0.6 is 11.8 Å². The van der Waals surface area contributed by atoms with E-state index in [9.17, 15) is 14.7 Å². The van der Waals surface area contributed by atoms with Gasteiger partial charge < -0.3 is 20.5 Å². The number of hydrogen-bond acceptors (Lipinski definition) is 5. The molecule has 2 amide bonds. The zero-order chi connectivity index (χ0) is 21.4. The highest BCUT2D eigenvalue weighted by Crippen LogP contribution is 2.45. The number of carbonyl (C=O) groups excluding carboxylic acids is 3. The Morgan fingerprint density at radius 1 is 1.28 bits per heavy atom. The SMILES string of the molecule is CCS[C@@H]1[C@H](C=O)C(=O)N2CCCC12O.C[C@H]1C=C[C@H]2CCCCC2C1.NC=O. The third-order valence-corrected chi connectivity index (χ3v) is 7.91. The average Bonchev–Trinajstić information content (AvgIpc) is 3.19. The molecule has 0 aromatic rings. The first-order valence-electron chi connectivity index (χ1n) is 10.9. The van der Waals surface area contributed by atoms with Gasteiger partial charge in [-0.3, -0.25) is 9.59 Å². The average molecular weight is 425 g/mol. The summed E-state index contributed by atoms with van der Waals surface area (Å²) >= 11 is 1.51. The number of nitrogens with two attached hydrogens (primary N) is 1. The number of allylic oxidation sites excluding steroid dienone is 2. The molecule has 0 aromatic heterocycles. The number of carbonyl (C=O) groups is 3. The van der Waals surface area contributed by atoms with E-state index in [4.69, 9.17) is 4.79 Å². The van der Waals surface area contributed by atoms with Crippen molar-refractivity contribution in [3.63, 3.8) is 0 Å². The van der Waals surface area contributed by atoms with Gasteiger partial charge in [-0.1, -0.05) is 38.8 Å². The van der Waals surface area contributed by atoms with Gasteiger partial charge in [0.1, 0.15) is 12.2 Å². The van der Waals surface area contributed by atoms with Gasteiger partial charge in [-0.25, -0.2) is 0 Å². The lowest BCUT2D eigenvalue weighted by Crippen LogP contribution is -2.45. The molecule has 4 aliphatic rings. The van der Waals surface area contributed by atoms with Crippen molar-refractivity contribution in [2.45, 2.75) is 69.8 Å². The Labute approximate surface area is 178 Å². The van der Waals surface area contributed by atoms with E-state index < -0.39 is 11.6 Å². The molecule has 0 bridgehead atoms. The molecule has 3 fully saturated rings. The number of amides is 2. The lowest BCUT2D eigenvalue weighted by atomic mass is 9.72. The van der Waals surface area contributed by atoms with Crippen LogP contribution in [-0.2, 0) is 14.4 Å². The molecule has 3 N–H and O–H groups in total. The molecule has 2 heterocycles. The fourth-order valence-corrected chi connectivity index (χ4v) is 6.50. The molecule has 7 heteroatoms. The second-order valence-corrected chi connectivity index (χ2v) is 9.87. The van der Waals surface area contributed by atoms with Crippen LogP contribution in [0.4, 0.5) is 0 Å². The van der Waals surface area contributed by atoms with Gasteiger partial charge in [0.25, 0.3) is 0 Å². The zero-order valence-corrected chi connectivity index (χ0v) is 18.5. The lowest BCUT2D eigenvalue weighted by Gasteiger charge is -2.34. The molecular weight excluding hydrogens is 388 g/mol. The van der Waals surface area contributed by atoms with Crippen LogP contribution in [0.2, 0.25) is 0 Å². The minimum absolute atomic E-state index is 0.198. The molecule has 4 rings (SSSR count). The minimum atomic E-state index is -1.07. The molecule has 164 valence electrons. The Morgan fingerprint density at radius 2 is 1.97 bits per heavy atom. The summed E-state index contributed by atoms with van der Waals surface area (Å²) in [6.45, 7) is 4.90. The Kier molecular flexibility index (Phi) is 9.21. The van der Waals surface area contributed by atoms with Crippen molar-refractivity contribution < 1.29 is 19.5 Å². The van der Waals surface area contributed by atoms with Gasteiger partial charge in [-0.05, 0) is 55.6 Å². The predicted octanol–water partition coefficient (Wildman–Crippen LogP) is 2.74. The summed E-state index contributed by atoms with van der Waals surface area (Å²) in [5.41, 5.74) is 3.10. The highest BCUT2D eigenvalue weighted by molar-refractivity contribution is 8.00. The summed E-state index contributed by atoms with van der Waals surface area (Å²) < 4.78 is 0. The summed E-state index contributed by atoms with van der Waals surface area (Å²) in [6, 6.07) is 0. The van der Waals surface area contributed by atoms with E-state index in [-0.39, 0.29) is 17.6 Å². The van der Waals surface area contributed by atoms with Crippen LogP contribution < -0.4 is 5.73 Å². The van der Waals surface area contributed by atoms with Crippen LogP contribution in [0.25, 0.3) is 0 Å². The van der Waals surface area contributed by atoms with Crippen molar-refractivity contribution in [3.05, 3.63) is 12.2 Å². The molecule has 6 nitrogen and oxygen atoms in total. The summed E-state index contributed by atoms with van der Waals surface area (Å²) in [4.78, 5) is 32.8. The topological polar surface area (TPSA) is 101 Å². The van der Waals surface area contributed by atoms with Gasteiger partial charge in [0.2, 0.25) is 12.3 Å². The van der Waals surface area contributed by atoms with E-state index in [0.29, 0.717) is 19.3 Å². The predicted molar refractivity (Wildman–Crippen MR) is 116 cm³/mol. The van der Waals surface area contributed by atoms with Crippen molar-refractivity contribution in [1.82, 2.24) is 4.90 Å². The highest BCUT2D eigenvalue weighted by Gasteiger charge is 2.59. The van der Waals surface area contributed by atoms with E-state index in [0.717, 1.165) is 29.9 Å². The summed E-state index contributed by atoms with van der Waals surface area (Å²) in [5.74, 6) is 2.81. The molecule has 2 aliphatic carbocycles. The number of hydrogen-bond donors (Lipinski definition) is 2. The van der Waals surface area contributed by atoms with Gasteiger partial charge >= 0.3 is 0 Å². The molecule has 2 unspecified atom stereocenters. The van der Waals surface area contributed by atoms with E-state index in [2.05, 4.69) is 24.8 Å². The maximum atomic E-state index is 11.8. The van der Waals surface area contributed by atoms with Crippen molar-refractivity contribution in [1.29, 1.82) is 0 Å². The third-order valence-electron chi connectivity index (χ3n) is 6.55. The monoisotopic (exact) mass is 424 g/mol. The normalized spacial score (nSPS) is 37.4. The van der Waals surface area contributed by atoms with Crippen LogP contribution in [0, 0.1) is 23.7 Å². The number of aldehydes is 1. The number of aliphatic hydroxyl groups is 1. The molecule has 1 saturated carbocycles. The second kappa shape index (κ2) is 11.2. The first-order chi connectivity index (χ1) is 13.9. The summed E-state index contributed by atoms with van der Waals surface area (Å²) in [5, 5.41) is 10.1. The third kappa shape index (κ3) is 5.43. The number of nitrogens with zero attached hydrogens (tertiary/aromatic N) is 1. The van der Waals surface area contributed by atoms with E-state index in [1.807, 2.05) is 6.92 Å². The maximum absolute atomic E-state index is 11.8. The fourth-order valence-electron chi connectivity index (χ4n) is 5.24. The molecule has 0 radical (unpaired) electrons. The quantitative estimate of drug-likeness (QED) is 0.412. The van der Waals surface area contributed by atoms with Crippen LogP contribution in [0.1, 0.15) is 58.8 Å². The van der Waals surface area contributed by atoms with E-state index in [1.165, 1.54) is 48.8 Å². The number of primary amides is 1. The molecule has 2 saturated heterocycles. The molecule has 0 spiro atoms. The Hall–Kier alpha value is -1.34. The van der Waals surface area contributed by atoms with Crippen LogP contribution in [0.5, 0.6) is 0 Å². The summed E-state index contributed by atoms with van der Waals surface area (Å²) in [7, 11) is 0. The van der Waals surface area contributed by atoms with Crippen LogP contribution in [0.3, 0.4) is 0 Å². The largest absolute Gasteiger partial charge is 0.372 e. The molecule has 0 aromatic carbocycles. The van der Waals surface area contributed by atoms with Crippen molar-refractivity contribution in [2.75, 3.05) is 12.3 Å². The standard InChI is InChI=1S/C11H18.C10H15NO3S.CH3NO/c1-9-6-7-10-4-2-3-5-11(10)8-9;1-2-15-8-7(6-12)9(13)11-5-3-4-10(8,11)14;2-1-3/h6-7,9-11H,2-5,8H2,1H3;6-8,14H,2-5H2,1H3;1H,(H2,2,3)/t9-,10+,11?;7-,8+,10?;/m00./s1. The highest BCUT2D eigenvalue weighted by atomic mass is 32.2. The molecule has 6 atom stereocenters. The summed E-state index contributed by atoms with van der Waals surface area (Å²) in [6.07, 6.45) is 14.7. The first kappa shape index (κ1) is 23.9. The van der Waals surface area contributed by atoms with Gasteiger partial charge in [0, 0.05) is 6.54 Å². The number of thioether (sulfide) groups is 1. The lowest BCUT2D eigenvalue weighted by molar-refractivity contribution is -0.140. The first-order valence-corrected chi connectivity index (χ1v) is 11.9. The van der Waals surface area contributed by atoms with E-state index in [1.54, 1.807) is 0 Å². The fraction of sp³-hybridized carbons (Fsp3) is 0.773. The van der Waals surface area contributed by atoms with Crippen molar-refractivity contribution in [2.24, 2.45) is 29.4 Å². The molecular formula is C22H36N2O4S.